The molecule has 0 saturated heterocycles. The number of carbonyl (C=O) groups excluding carboxylic acids is 1. The van der Waals surface area contributed by atoms with E-state index in [1.807, 2.05) is 20.8 Å². The Labute approximate surface area is 149 Å². The van der Waals surface area contributed by atoms with E-state index >= 15 is 0 Å². The van der Waals surface area contributed by atoms with Gasteiger partial charge in [-0.05, 0) is 30.5 Å². The number of hydrogen-bond donors (Lipinski definition) is 2. The minimum atomic E-state index is -1.11. The minimum Gasteiger partial charge on any atom is -0.478 e. The van der Waals surface area contributed by atoms with Gasteiger partial charge in [-0.15, -0.1) is 23.5 Å². The van der Waals surface area contributed by atoms with Gasteiger partial charge in [0.2, 0.25) is 0 Å². The number of nitrogens with one attached hydrogen (secondary N) is 1. The van der Waals surface area contributed by atoms with Crippen LogP contribution < -0.4 is 5.32 Å². The molecular weight excluding hydrogens is 354 g/mol. The first-order chi connectivity index (χ1) is 10.8. The lowest BCUT2D eigenvalue weighted by molar-refractivity contribution is -0.112. The van der Waals surface area contributed by atoms with Crippen molar-refractivity contribution in [2.24, 2.45) is 0 Å². The molecule has 0 radical (unpaired) electrons. The van der Waals surface area contributed by atoms with Gasteiger partial charge >= 0.3 is 5.97 Å². The molecule has 23 heavy (non-hydrogen) atoms. The number of halogens is 1. The first-order valence-electron chi connectivity index (χ1n) is 7.15. The lowest BCUT2D eigenvalue weighted by Crippen LogP contribution is -2.17. The lowest BCUT2D eigenvalue weighted by atomic mass is 9.99. The molecule has 1 aromatic rings. The highest BCUT2D eigenvalue weighted by Crippen LogP contribution is 2.35. The molecule has 0 saturated carbocycles. The van der Waals surface area contributed by atoms with Crippen LogP contribution in [0.3, 0.4) is 0 Å². The predicted octanol–water partition coefficient (Wildman–Crippen LogP) is 4.81. The monoisotopic (exact) mass is 371 g/mol. The number of carboxylic acid groups (broad SMARTS) is 1. The van der Waals surface area contributed by atoms with Crippen molar-refractivity contribution in [2.45, 2.75) is 26.7 Å². The van der Waals surface area contributed by atoms with Gasteiger partial charge < -0.3 is 10.4 Å². The second-order valence-corrected chi connectivity index (χ2v) is 8.22. The van der Waals surface area contributed by atoms with E-state index in [2.05, 4.69) is 5.32 Å². The van der Waals surface area contributed by atoms with E-state index in [1.54, 1.807) is 17.8 Å². The minimum absolute atomic E-state index is 0.00420. The molecule has 1 aliphatic heterocycles. The summed E-state index contributed by atoms with van der Waals surface area (Å²) in [6.07, 6.45) is 0. The smallest absolute Gasteiger partial charge is 0.337 e. The van der Waals surface area contributed by atoms with Crippen molar-refractivity contribution < 1.29 is 14.7 Å². The van der Waals surface area contributed by atoms with Crippen LogP contribution in [0.1, 0.15) is 42.6 Å². The maximum atomic E-state index is 12.4. The Bertz CT molecular complexity index is 686. The van der Waals surface area contributed by atoms with Crippen LogP contribution in [0.5, 0.6) is 0 Å². The van der Waals surface area contributed by atoms with Gasteiger partial charge in [0, 0.05) is 22.1 Å². The molecule has 0 aliphatic carbocycles. The largest absolute Gasteiger partial charge is 0.478 e. The van der Waals surface area contributed by atoms with Crippen LogP contribution in [-0.2, 0) is 4.79 Å². The molecule has 1 heterocycles. The van der Waals surface area contributed by atoms with Crippen molar-refractivity contribution in [1.82, 2.24) is 0 Å². The maximum Gasteiger partial charge on any atom is 0.337 e. The van der Waals surface area contributed by atoms with Crippen molar-refractivity contribution in [2.75, 3.05) is 16.8 Å². The van der Waals surface area contributed by atoms with Gasteiger partial charge in [0.05, 0.1) is 15.5 Å². The summed E-state index contributed by atoms with van der Waals surface area (Å²) in [5.74, 6) is 0.634. The highest BCUT2D eigenvalue weighted by atomic mass is 35.5. The number of rotatable bonds is 4. The van der Waals surface area contributed by atoms with Gasteiger partial charge in [-0.25, -0.2) is 4.79 Å². The van der Waals surface area contributed by atoms with Crippen molar-refractivity contribution in [3.05, 3.63) is 38.1 Å². The lowest BCUT2D eigenvalue weighted by Gasteiger charge is -2.18. The van der Waals surface area contributed by atoms with Crippen LogP contribution in [-0.4, -0.2) is 28.5 Å². The Hall–Kier alpha value is -1.11. The van der Waals surface area contributed by atoms with Crippen LogP contribution in [0.15, 0.2) is 21.9 Å². The van der Waals surface area contributed by atoms with Gasteiger partial charge in [0.25, 0.3) is 5.91 Å². The predicted molar refractivity (Wildman–Crippen MR) is 98.7 cm³/mol. The van der Waals surface area contributed by atoms with Crippen molar-refractivity contribution in [3.63, 3.8) is 0 Å². The van der Waals surface area contributed by atoms with Gasteiger partial charge in [-0.2, -0.15) is 0 Å². The Morgan fingerprint density at radius 2 is 1.91 bits per heavy atom. The highest BCUT2D eigenvalue weighted by Gasteiger charge is 2.21. The zero-order chi connectivity index (χ0) is 17.1. The number of allylic oxidation sites excluding steroid dienone is 1. The van der Waals surface area contributed by atoms with Gasteiger partial charge in [0.15, 0.2) is 0 Å². The summed E-state index contributed by atoms with van der Waals surface area (Å²) < 4.78 is 0. The third kappa shape index (κ3) is 4.25. The molecule has 4 nitrogen and oxygen atoms in total. The number of thioether (sulfide) groups is 2. The fourth-order valence-corrected chi connectivity index (χ4v) is 4.76. The Kier molecular flexibility index (Phi) is 6.06. The molecule has 2 N–H and O–H groups in total. The van der Waals surface area contributed by atoms with E-state index in [0.717, 1.165) is 16.4 Å². The van der Waals surface area contributed by atoms with Gasteiger partial charge in [-0.1, -0.05) is 25.4 Å². The molecule has 124 valence electrons. The van der Waals surface area contributed by atoms with Crippen molar-refractivity contribution >= 4 is 52.7 Å². The maximum absolute atomic E-state index is 12.4. The summed E-state index contributed by atoms with van der Waals surface area (Å²) >= 11 is 9.36. The number of carbonyl (C=O) groups is 2. The number of amides is 1. The van der Waals surface area contributed by atoms with Crippen molar-refractivity contribution in [3.8, 4) is 0 Å². The molecule has 7 heteroatoms. The first kappa shape index (κ1) is 18.2. The Morgan fingerprint density at radius 1 is 1.26 bits per heavy atom. The molecule has 0 spiro atoms. The summed E-state index contributed by atoms with van der Waals surface area (Å²) in [7, 11) is 0. The molecule has 2 rings (SSSR count). The van der Waals surface area contributed by atoms with Crippen LogP contribution in [0.4, 0.5) is 5.69 Å². The number of benzene rings is 1. The fourth-order valence-electron chi connectivity index (χ4n) is 2.21. The number of hydrogen-bond acceptors (Lipinski definition) is 4. The topological polar surface area (TPSA) is 66.4 Å². The summed E-state index contributed by atoms with van der Waals surface area (Å²) in [6, 6.07) is 3.15. The number of anilines is 1. The Morgan fingerprint density at radius 3 is 2.48 bits per heavy atom. The van der Waals surface area contributed by atoms with E-state index in [1.165, 1.54) is 17.8 Å². The van der Waals surface area contributed by atoms with E-state index in [-0.39, 0.29) is 22.4 Å². The van der Waals surface area contributed by atoms with Gasteiger partial charge in [0.1, 0.15) is 0 Å². The van der Waals surface area contributed by atoms with Crippen molar-refractivity contribution in [1.29, 1.82) is 0 Å². The van der Waals surface area contributed by atoms with Crippen LogP contribution in [0.25, 0.3) is 0 Å². The SMILES string of the molecule is CC1=C(C(=O)Nc2cc(C(=O)O)c(Cl)c(C(C)C)c2)SCCS1. The fraction of sp³-hybridized carbons (Fsp3) is 0.375. The average molecular weight is 372 g/mol. The third-order valence-corrected chi connectivity index (χ3v) is 6.43. The number of aromatic carboxylic acids is 1. The molecule has 0 atom stereocenters. The van der Waals surface area contributed by atoms with Crippen LogP contribution in [0, 0.1) is 0 Å². The summed E-state index contributed by atoms with van der Waals surface area (Å²) in [6.45, 7) is 5.79. The third-order valence-electron chi connectivity index (χ3n) is 3.39. The molecule has 0 aromatic heterocycles. The quantitative estimate of drug-likeness (QED) is 0.794. The molecule has 0 bridgehead atoms. The highest BCUT2D eigenvalue weighted by molar-refractivity contribution is 8.10. The summed E-state index contributed by atoms with van der Waals surface area (Å²) in [5, 5.41) is 12.3. The average Bonchev–Trinajstić information content (AvgIpc) is 2.48. The molecular formula is C16H18ClNO3S2. The zero-order valence-corrected chi connectivity index (χ0v) is 15.5. The molecule has 1 aromatic carbocycles. The summed E-state index contributed by atoms with van der Waals surface area (Å²) in [5.41, 5.74) is 1.17. The molecule has 1 amide bonds. The summed E-state index contributed by atoms with van der Waals surface area (Å²) in [4.78, 5) is 25.5. The van der Waals surface area contributed by atoms with E-state index < -0.39 is 5.97 Å². The molecule has 1 aliphatic rings. The second kappa shape index (κ2) is 7.64. The Balaban J connectivity index is 2.36. The van der Waals surface area contributed by atoms with Crippen LogP contribution in [0.2, 0.25) is 5.02 Å². The first-order valence-corrected chi connectivity index (χ1v) is 9.50. The van der Waals surface area contributed by atoms with Gasteiger partial charge in [-0.3, -0.25) is 4.79 Å². The van der Waals surface area contributed by atoms with E-state index in [4.69, 9.17) is 11.6 Å². The zero-order valence-electron chi connectivity index (χ0n) is 13.1. The standard InChI is InChI=1S/C16H18ClNO3S2/c1-8(2)11-6-10(7-12(13(11)17)16(20)21)18-15(19)14-9(3)22-4-5-23-14/h6-8H,4-5H2,1-3H3,(H,18,19)(H,20,21). The number of carboxylic acids is 1. The van der Waals surface area contributed by atoms with Crippen LogP contribution >= 0.6 is 35.1 Å². The second-order valence-electron chi connectivity index (χ2n) is 5.42. The van der Waals surface area contributed by atoms with E-state index in [9.17, 15) is 14.7 Å². The normalized spacial score (nSPS) is 15.0. The van der Waals surface area contributed by atoms with E-state index in [0.29, 0.717) is 16.2 Å². The molecule has 0 fully saturated rings. The molecule has 0 unspecified atom stereocenters.